The number of halogens is 2. The molecule has 2 amide bonds. The van der Waals surface area contributed by atoms with E-state index in [1.807, 2.05) is 24.3 Å². The van der Waals surface area contributed by atoms with Gasteiger partial charge in [0.05, 0.1) is 25.9 Å². The number of nitrogens with zero attached hydrogens (tertiary/aromatic N) is 1. The molecule has 2 aromatic rings. The molecule has 6 nitrogen and oxygen atoms in total. The Morgan fingerprint density at radius 2 is 1.64 bits per heavy atom. The normalized spacial score (nSPS) is 10.6. The highest BCUT2D eigenvalue weighted by Gasteiger charge is 2.13. The van der Waals surface area contributed by atoms with Crippen LogP contribution in [0.25, 0.3) is 0 Å². The molecule has 150 valence electrons. The molecule has 0 aliphatic carbocycles. The van der Waals surface area contributed by atoms with Crippen LogP contribution in [0.4, 0.5) is 5.69 Å². The summed E-state index contributed by atoms with van der Waals surface area (Å²) in [4.78, 5) is 25.9. The van der Waals surface area contributed by atoms with Crippen LogP contribution in [0.2, 0.25) is 10.0 Å². The first-order valence-corrected chi connectivity index (χ1v) is 9.46. The number of benzene rings is 2. The van der Waals surface area contributed by atoms with Crippen molar-refractivity contribution in [2.75, 3.05) is 39.1 Å². The SMILES string of the molecule is COc1ccc(Cl)cc1NC(=O)CN(C)CC(=O)NCCc1ccc(Cl)cc1. The van der Waals surface area contributed by atoms with Crippen LogP contribution in [-0.4, -0.2) is 50.5 Å². The smallest absolute Gasteiger partial charge is 0.238 e. The molecule has 0 saturated carbocycles. The number of hydrogen-bond acceptors (Lipinski definition) is 4. The van der Waals surface area contributed by atoms with Gasteiger partial charge in [-0.05, 0) is 49.4 Å². The van der Waals surface area contributed by atoms with Crippen LogP contribution in [0.5, 0.6) is 5.75 Å². The predicted octanol–water partition coefficient (Wildman–Crippen LogP) is 3.23. The van der Waals surface area contributed by atoms with Gasteiger partial charge in [-0.2, -0.15) is 0 Å². The highest BCUT2D eigenvalue weighted by molar-refractivity contribution is 6.31. The van der Waals surface area contributed by atoms with Gasteiger partial charge in [-0.3, -0.25) is 14.5 Å². The van der Waals surface area contributed by atoms with Gasteiger partial charge in [0.1, 0.15) is 5.75 Å². The zero-order chi connectivity index (χ0) is 20.5. The van der Waals surface area contributed by atoms with Crippen LogP contribution in [0.1, 0.15) is 5.56 Å². The minimum Gasteiger partial charge on any atom is -0.495 e. The molecule has 2 aromatic carbocycles. The van der Waals surface area contributed by atoms with Crippen molar-refractivity contribution < 1.29 is 14.3 Å². The maximum atomic E-state index is 12.2. The Labute approximate surface area is 174 Å². The second-order valence-corrected chi connectivity index (χ2v) is 7.16. The lowest BCUT2D eigenvalue weighted by Crippen LogP contribution is -2.39. The van der Waals surface area contributed by atoms with E-state index in [1.165, 1.54) is 7.11 Å². The van der Waals surface area contributed by atoms with E-state index in [9.17, 15) is 9.59 Å². The van der Waals surface area contributed by atoms with Gasteiger partial charge in [0.15, 0.2) is 0 Å². The van der Waals surface area contributed by atoms with Gasteiger partial charge >= 0.3 is 0 Å². The molecule has 2 N–H and O–H groups in total. The minimum atomic E-state index is -0.267. The molecule has 0 aliphatic heterocycles. The van der Waals surface area contributed by atoms with Crippen LogP contribution in [-0.2, 0) is 16.0 Å². The zero-order valence-corrected chi connectivity index (χ0v) is 17.3. The number of rotatable bonds is 9. The number of methoxy groups -OCH3 is 1. The molecule has 0 bridgehead atoms. The van der Waals surface area contributed by atoms with Crippen LogP contribution in [0, 0.1) is 0 Å². The van der Waals surface area contributed by atoms with Crippen molar-refractivity contribution in [1.29, 1.82) is 0 Å². The van der Waals surface area contributed by atoms with Crippen LogP contribution < -0.4 is 15.4 Å². The molecule has 0 saturated heterocycles. The maximum absolute atomic E-state index is 12.2. The Hall–Kier alpha value is -2.28. The lowest BCUT2D eigenvalue weighted by atomic mass is 10.1. The van der Waals surface area contributed by atoms with E-state index in [4.69, 9.17) is 27.9 Å². The Morgan fingerprint density at radius 3 is 2.32 bits per heavy atom. The van der Waals surface area contributed by atoms with Gasteiger partial charge < -0.3 is 15.4 Å². The molecular formula is C20H23Cl2N3O3. The fourth-order valence-corrected chi connectivity index (χ4v) is 2.87. The van der Waals surface area contributed by atoms with Crippen molar-refractivity contribution in [1.82, 2.24) is 10.2 Å². The molecule has 0 spiro atoms. The van der Waals surface area contributed by atoms with Crippen LogP contribution in [0.15, 0.2) is 42.5 Å². The average molecular weight is 424 g/mol. The van der Waals surface area contributed by atoms with E-state index in [1.54, 1.807) is 30.1 Å². The standard InChI is InChI=1S/C20H23Cl2N3O3/c1-25(12-19(26)23-10-9-14-3-5-15(21)6-4-14)13-20(27)24-17-11-16(22)7-8-18(17)28-2/h3-8,11H,9-10,12-13H2,1-2H3,(H,23,26)(H,24,27). The summed E-state index contributed by atoms with van der Waals surface area (Å²) in [5, 5.41) is 6.76. The number of hydrogen-bond donors (Lipinski definition) is 2. The first-order chi connectivity index (χ1) is 13.4. The van der Waals surface area contributed by atoms with Crippen molar-refractivity contribution in [3.8, 4) is 5.75 Å². The summed E-state index contributed by atoms with van der Waals surface area (Å²) >= 11 is 11.8. The molecule has 0 heterocycles. The molecule has 0 fully saturated rings. The van der Waals surface area contributed by atoms with E-state index in [0.717, 1.165) is 5.56 Å². The number of nitrogens with one attached hydrogen (secondary N) is 2. The van der Waals surface area contributed by atoms with Gasteiger partial charge in [0.25, 0.3) is 0 Å². The summed E-state index contributed by atoms with van der Waals surface area (Å²) in [5.41, 5.74) is 1.58. The first kappa shape index (κ1) is 22.0. The third-order valence-corrected chi connectivity index (χ3v) is 4.40. The quantitative estimate of drug-likeness (QED) is 0.649. The van der Waals surface area contributed by atoms with Gasteiger partial charge in [-0.25, -0.2) is 0 Å². The zero-order valence-electron chi connectivity index (χ0n) is 15.8. The third kappa shape index (κ3) is 7.38. The molecule has 0 unspecified atom stereocenters. The van der Waals surface area contributed by atoms with Gasteiger partial charge in [0, 0.05) is 16.6 Å². The molecule has 0 atom stereocenters. The summed E-state index contributed by atoms with van der Waals surface area (Å²) in [6.45, 7) is 0.682. The van der Waals surface area contributed by atoms with Gasteiger partial charge in [-0.15, -0.1) is 0 Å². The van der Waals surface area contributed by atoms with Gasteiger partial charge in [0.2, 0.25) is 11.8 Å². The summed E-state index contributed by atoms with van der Waals surface area (Å²) in [6.07, 6.45) is 0.710. The largest absolute Gasteiger partial charge is 0.495 e. The highest BCUT2D eigenvalue weighted by Crippen LogP contribution is 2.27. The Morgan fingerprint density at radius 1 is 1.00 bits per heavy atom. The third-order valence-electron chi connectivity index (χ3n) is 3.91. The van der Waals surface area contributed by atoms with E-state index in [2.05, 4.69) is 10.6 Å². The van der Waals surface area contributed by atoms with Crippen molar-refractivity contribution in [2.45, 2.75) is 6.42 Å². The summed E-state index contributed by atoms with van der Waals surface area (Å²) in [6, 6.07) is 12.5. The molecule has 0 aromatic heterocycles. The maximum Gasteiger partial charge on any atom is 0.238 e. The molecule has 28 heavy (non-hydrogen) atoms. The fourth-order valence-electron chi connectivity index (χ4n) is 2.57. The number of carbonyl (C=O) groups excluding carboxylic acids is 2. The first-order valence-electron chi connectivity index (χ1n) is 8.70. The van der Waals surface area contributed by atoms with Crippen LogP contribution >= 0.6 is 23.2 Å². The van der Waals surface area contributed by atoms with E-state index >= 15 is 0 Å². The second kappa shape index (κ2) is 10.9. The molecular weight excluding hydrogens is 401 g/mol. The van der Waals surface area contributed by atoms with Crippen molar-refractivity contribution >= 4 is 40.7 Å². The Balaban J connectivity index is 1.74. The van der Waals surface area contributed by atoms with Crippen LogP contribution in [0.3, 0.4) is 0 Å². The van der Waals surface area contributed by atoms with E-state index < -0.39 is 0 Å². The van der Waals surface area contributed by atoms with Crippen molar-refractivity contribution in [3.05, 3.63) is 58.1 Å². The number of amides is 2. The number of anilines is 1. The van der Waals surface area contributed by atoms with E-state index in [-0.39, 0.29) is 24.9 Å². The summed E-state index contributed by atoms with van der Waals surface area (Å²) < 4.78 is 5.20. The highest BCUT2D eigenvalue weighted by atomic mass is 35.5. The Bertz CT molecular complexity index is 813. The number of ether oxygens (including phenoxy) is 1. The summed E-state index contributed by atoms with van der Waals surface area (Å²) in [7, 11) is 3.22. The number of carbonyl (C=O) groups is 2. The number of likely N-dealkylation sites (N-methyl/N-ethyl adjacent to an activating group) is 1. The van der Waals surface area contributed by atoms with Crippen molar-refractivity contribution in [3.63, 3.8) is 0 Å². The topological polar surface area (TPSA) is 70.7 Å². The Kier molecular flexibility index (Phi) is 8.57. The average Bonchev–Trinajstić information content (AvgIpc) is 2.63. The molecule has 8 heteroatoms. The fraction of sp³-hybridized carbons (Fsp3) is 0.300. The second-order valence-electron chi connectivity index (χ2n) is 6.29. The molecule has 0 aliphatic rings. The molecule has 0 radical (unpaired) electrons. The lowest BCUT2D eigenvalue weighted by molar-refractivity contribution is -0.122. The van der Waals surface area contributed by atoms with E-state index in [0.29, 0.717) is 34.4 Å². The lowest BCUT2D eigenvalue weighted by Gasteiger charge is -2.17. The minimum absolute atomic E-state index is 0.0558. The summed E-state index contributed by atoms with van der Waals surface area (Å²) in [5.74, 6) is 0.0991. The van der Waals surface area contributed by atoms with Crippen molar-refractivity contribution in [2.24, 2.45) is 0 Å². The molecule has 2 rings (SSSR count). The van der Waals surface area contributed by atoms with Gasteiger partial charge in [-0.1, -0.05) is 35.3 Å². The predicted molar refractivity (Wildman–Crippen MR) is 112 cm³/mol. The monoisotopic (exact) mass is 423 g/mol.